The van der Waals surface area contributed by atoms with Crippen LogP contribution < -0.4 is 10.2 Å². The first-order chi connectivity index (χ1) is 12.5. The molecule has 1 N–H and O–H groups in total. The van der Waals surface area contributed by atoms with Crippen LogP contribution in [0.4, 0.5) is 10.8 Å². The molecule has 2 aromatic rings. The van der Waals surface area contributed by atoms with Crippen molar-refractivity contribution in [3.05, 3.63) is 28.8 Å². The van der Waals surface area contributed by atoms with Crippen LogP contribution in [-0.4, -0.2) is 33.8 Å². The Hall–Kier alpha value is -1.64. The van der Waals surface area contributed by atoms with Crippen molar-refractivity contribution < 1.29 is 9.59 Å². The molecule has 26 heavy (non-hydrogen) atoms. The van der Waals surface area contributed by atoms with Gasteiger partial charge in [0.25, 0.3) is 0 Å². The van der Waals surface area contributed by atoms with Gasteiger partial charge in [0.1, 0.15) is 0 Å². The average Bonchev–Trinajstić information content (AvgIpc) is 3.33. The fourth-order valence-corrected chi connectivity index (χ4v) is 4.38. The molecule has 3 rings (SSSR count). The van der Waals surface area contributed by atoms with E-state index in [4.69, 9.17) is 11.6 Å². The number of carbonyl (C=O) groups is 2. The molecule has 1 saturated carbocycles. The second kappa shape index (κ2) is 8.37. The van der Waals surface area contributed by atoms with Crippen LogP contribution in [0.25, 0.3) is 0 Å². The van der Waals surface area contributed by atoms with E-state index in [0.29, 0.717) is 26.6 Å². The third-order valence-electron chi connectivity index (χ3n) is 3.81. The molecule has 1 fully saturated rings. The fraction of sp³-hybridized carbons (Fsp3) is 0.412. The van der Waals surface area contributed by atoms with Gasteiger partial charge in [-0.05, 0) is 37.5 Å². The second-order valence-corrected chi connectivity index (χ2v) is 8.60. The molecule has 0 radical (unpaired) electrons. The standard InChI is InChI=1S/C17H19ClN4O2S2/c1-3-15(24)22(11-5-6-11)16-20-21-17(26-16)25-9-14(23)19-13-7-4-10(2)8-12(13)18/h4,7-8,11H,3,5-6,9H2,1-2H3,(H,19,23). The number of anilines is 2. The summed E-state index contributed by atoms with van der Waals surface area (Å²) in [6.07, 6.45) is 2.46. The lowest BCUT2D eigenvalue weighted by Gasteiger charge is -2.17. The summed E-state index contributed by atoms with van der Waals surface area (Å²) in [5.41, 5.74) is 1.62. The molecular formula is C17H19ClN4O2S2. The fourth-order valence-electron chi connectivity index (χ4n) is 2.36. The van der Waals surface area contributed by atoms with Crippen LogP contribution in [0.15, 0.2) is 22.5 Å². The van der Waals surface area contributed by atoms with Crippen LogP contribution in [0, 0.1) is 6.92 Å². The number of thioether (sulfide) groups is 1. The Morgan fingerprint density at radius 1 is 1.38 bits per heavy atom. The predicted molar refractivity (Wildman–Crippen MR) is 106 cm³/mol. The van der Waals surface area contributed by atoms with Crippen molar-refractivity contribution in [2.45, 2.75) is 43.5 Å². The Morgan fingerprint density at radius 3 is 2.81 bits per heavy atom. The van der Waals surface area contributed by atoms with Gasteiger partial charge in [-0.3, -0.25) is 14.5 Å². The highest BCUT2D eigenvalue weighted by Crippen LogP contribution is 2.36. The van der Waals surface area contributed by atoms with Crippen molar-refractivity contribution in [3.8, 4) is 0 Å². The molecule has 0 atom stereocenters. The highest BCUT2D eigenvalue weighted by molar-refractivity contribution is 8.01. The third-order valence-corrected chi connectivity index (χ3v) is 6.18. The number of benzene rings is 1. The quantitative estimate of drug-likeness (QED) is 0.548. The van der Waals surface area contributed by atoms with Gasteiger partial charge in [0.05, 0.1) is 16.5 Å². The molecule has 1 aliphatic rings. The third kappa shape index (κ3) is 4.75. The number of nitrogens with one attached hydrogen (secondary N) is 1. The highest BCUT2D eigenvalue weighted by Gasteiger charge is 2.35. The monoisotopic (exact) mass is 410 g/mol. The minimum absolute atomic E-state index is 0.0620. The average molecular weight is 411 g/mol. The van der Waals surface area contributed by atoms with E-state index >= 15 is 0 Å². The number of hydrogen-bond donors (Lipinski definition) is 1. The number of nitrogens with zero attached hydrogens (tertiary/aromatic N) is 3. The highest BCUT2D eigenvalue weighted by atomic mass is 35.5. The predicted octanol–water partition coefficient (Wildman–Crippen LogP) is 4.14. The molecule has 0 aliphatic heterocycles. The molecule has 138 valence electrons. The first-order valence-corrected chi connectivity index (χ1v) is 10.5. The van der Waals surface area contributed by atoms with Gasteiger partial charge in [-0.15, -0.1) is 10.2 Å². The van der Waals surface area contributed by atoms with Crippen LogP contribution in [0.2, 0.25) is 5.02 Å². The topological polar surface area (TPSA) is 75.2 Å². The van der Waals surface area contributed by atoms with Crippen LogP contribution in [0.5, 0.6) is 0 Å². The molecule has 1 aromatic carbocycles. The molecule has 1 aliphatic carbocycles. The van der Waals surface area contributed by atoms with E-state index in [1.165, 1.54) is 23.1 Å². The number of hydrogen-bond acceptors (Lipinski definition) is 6. The van der Waals surface area contributed by atoms with Gasteiger partial charge in [-0.1, -0.05) is 47.7 Å². The maximum atomic E-state index is 12.1. The van der Waals surface area contributed by atoms with Crippen LogP contribution in [0.3, 0.4) is 0 Å². The molecule has 0 unspecified atom stereocenters. The van der Waals surface area contributed by atoms with Gasteiger partial charge in [0.2, 0.25) is 16.9 Å². The minimum Gasteiger partial charge on any atom is -0.324 e. The summed E-state index contributed by atoms with van der Waals surface area (Å²) >= 11 is 8.77. The normalized spacial score (nSPS) is 13.5. The molecule has 0 saturated heterocycles. The van der Waals surface area contributed by atoms with E-state index in [-0.39, 0.29) is 23.6 Å². The van der Waals surface area contributed by atoms with E-state index in [2.05, 4.69) is 15.5 Å². The van der Waals surface area contributed by atoms with E-state index in [0.717, 1.165) is 18.4 Å². The lowest BCUT2D eigenvalue weighted by atomic mass is 10.2. The SMILES string of the molecule is CCC(=O)N(c1nnc(SCC(=O)Nc2ccc(C)cc2Cl)s1)C1CC1. The zero-order valence-electron chi connectivity index (χ0n) is 14.5. The van der Waals surface area contributed by atoms with Crippen molar-refractivity contribution in [1.29, 1.82) is 0 Å². The zero-order chi connectivity index (χ0) is 18.7. The van der Waals surface area contributed by atoms with Crippen LogP contribution in [0.1, 0.15) is 31.7 Å². The van der Waals surface area contributed by atoms with Gasteiger partial charge in [0.15, 0.2) is 4.34 Å². The van der Waals surface area contributed by atoms with Crippen LogP contribution in [-0.2, 0) is 9.59 Å². The number of aryl methyl sites for hydroxylation is 1. The summed E-state index contributed by atoms with van der Waals surface area (Å²) in [5, 5.41) is 12.2. The van der Waals surface area contributed by atoms with Crippen LogP contribution >= 0.6 is 34.7 Å². The number of amides is 2. The van der Waals surface area contributed by atoms with Gasteiger partial charge in [-0.2, -0.15) is 0 Å². The molecule has 2 amide bonds. The Morgan fingerprint density at radius 2 is 2.15 bits per heavy atom. The van der Waals surface area contributed by atoms with E-state index in [9.17, 15) is 9.59 Å². The van der Waals surface area contributed by atoms with E-state index in [1.807, 2.05) is 19.9 Å². The van der Waals surface area contributed by atoms with Gasteiger partial charge in [-0.25, -0.2) is 0 Å². The summed E-state index contributed by atoms with van der Waals surface area (Å²) in [7, 11) is 0. The Bertz CT molecular complexity index is 823. The lowest BCUT2D eigenvalue weighted by molar-refractivity contribution is -0.118. The summed E-state index contributed by atoms with van der Waals surface area (Å²) in [4.78, 5) is 26.0. The molecule has 1 heterocycles. The zero-order valence-corrected chi connectivity index (χ0v) is 16.9. The lowest BCUT2D eigenvalue weighted by Crippen LogP contribution is -2.32. The number of halogens is 1. The Kier molecular flexibility index (Phi) is 6.16. The molecule has 1 aromatic heterocycles. The first kappa shape index (κ1) is 19.1. The number of aromatic nitrogens is 2. The van der Waals surface area contributed by atoms with Gasteiger partial charge in [0, 0.05) is 12.5 Å². The maximum absolute atomic E-state index is 12.1. The summed E-state index contributed by atoms with van der Waals surface area (Å²) in [6, 6.07) is 5.73. The maximum Gasteiger partial charge on any atom is 0.234 e. The van der Waals surface area contributed by atoms with Crippen molar-refractivity contribution in [1.82, 2.24) is 10.2 Å². The summed E-state index contributed by atoms with van der Waals surface area (Å²) in [6.45, 7) is 3.78. The molecule has 0 bridgehead atoms. The van der Waals surface area contributed by atoms with E-state index in [1.54, 1.807) is 17.0 Å². The number of carbonyl (C=O) groups excluding carboxylic acids is 2. The Balaban J connectivity index is 1.57. The van der Waals surface area contributed by atoms with Crippen molar-refractivity contribution in [2.24, 2.45) is 0 Å². The largest absolute Gasteiger partial charge is 0.324 e. The molecule has 6 nitrogen and oxygen atoms in total. The van der Waals surface area contributed by atoms with Crippen molar-refractivity contribution in [3.63, 3.8) is 0 Å². The number of rotatable bonds is 7. The van der Waals surface area contributed by atoms with Gasteiger partial charge >= 0.3 is 0 Å². The van der Waals surface area contributed by atoms with Gasteiger partial charge < -0.3 is 5.32 Å². The first-order valence-electron chi connectivity index (χ1n) is 8.32. The molecular weight excluding hydrogens is 392 g/mol. The molecule has 0 spiro atoms. The Labute approximate surface area is 165 Å². The van der Waals surface area contributed by atoms with E-state index < -0.39 is 0 Å². The van der Waals surface area contributed by atoms with Crippen molar-refractivity contribution in [2.75, 3.05) is 16.0 Å². The summed E-state index contributed by atoms with van der Waals surface area (Å²) in [5.74, 6) is 0.0948. The smallest absolute Gasteiger partial charge is 0.234 e. The second-order valence-electron chi connectivity index (χ2n) is 6.02. The summed E-state index contributed by atoms with van der Waals surface area (Å²) < 4.78 is 0.666. The van der Waals surface area contributed by atoms with Crippen molar-refractivity contribution >= 4 is 57.3 Å². The minimum atomic E-state index is -0.166. The molecule has 9 heteroatoms.